The average molecular weight is 384 g/mol. The minimum Gasteiger partial charge on any atom is -0.499 e. The van der Waals surface area contributed by atoms with E-state index in [1.807, 2.05) is 0 Å². The lowest BCUT2D eigenvalue weighted by Crippen LogP contribution is -2.52. The summed E-state index contributed by atoms with van der Waals surface area (Å²) in [6, 6.07) is 0. The lowest BCUT2D eigenvalue weighted by atomic mass is 9.99. The van der Waals surface area contributed by atoms with Gasteiger partial charge in [-0.3, -0.25) is 0 Å². The zero-order valence-corrected chi connectivity index (χ0v) is 13.1. The number of hydrogen-bond acceptors (Lipinski definition) is 13. The van der Waals surface area contributed by atoms with Gasteiger partial charge in [0.15, 0.2) is 12.2 Å². The van der Waals surface area contributed by atoms with Crippen LogP contribution >= 0.6 is 0 Å². The van der Waals surface area contributed by atoms with Gasteiger partial charge in [-0.1, -0.05) is 0 Å². The van der Waals surface area contributed by atoms with E-state index in [2.05, 4.69) is 9.47 Å². The Hall–Kier alpha value is -1.84. The maximum atomic E-state index is 11.8. The van der Waals surface area contributed by atoms with Crippen molar-refractivity contribution in [2.75, 3.05) is 13.2 Å². The third kappa shape index (κ3) is 4.66. The van der Waals surface area contributed by atoms with E-state index in [4.69, 9.17) is 15.3 Å². The van der Waals surface area contributed by atoms with Crippen LogP contribution in [-0.4, -0.2) is 114 Å². The molecule has 13 heteroatoms. The zero-order chi connectivity index (χ0) is 20.2. The van der Waals surface area contributed by atoms with E-state index in [1.54, 1.807) is 0 Å². The van der Waals surface area contributed by atoms with Crippen LogP contribution in [-0.2, 0) is 19.1 Å². The molecule has 0 saturated carbocycles. The maximum Gasteiger partial charge on any atom is 0.378 e. The topological polar surface area (TPSA) is 235 Å². The zero-order valence-electron chi connectivity index (χ0n) is 13.1. The Bertz CT molecular complexity index is 546. The van der Waals surface area contributed by atoms with Crippen molar-refractivity contribution in [3.63, 3.8) is 0 Å². The summed E-state index contributed by atoms with van der Waals surface area (Å²) in [6.45, 7) is -1.94. The first-order valence-electron chi connectivity index (χ1n) is 7.22. The summed E-state index contributed by atoms with van der Waals surface area (Å²) in [7, 11) is 0. The highest BCUT2D eigenvalue weighted by Gasteiger charge is 2.44. The van der Waals surface area contributed by atoms with Gasteiger partial charge in [0.1, 0.15) is 30.5 Å². The largest absolute Gasteiger partial charge is 0.499 e. The molecule has 0 aromatic heterocycles. The number of hydrogen-bond donors (Lipinski definition) is 9. The molecular formula is C13H20O13. The molecular weight excluding hydrogens is 364 g/mol. The minimum absolute atomic E-state index is 0.943. The van der Waals surface area contributed by atoms with Crippen LogP contribution in [0.25, 0.3) is 0 Å². The molecule has 0 saturated heterocycles. The van der Waals surface area contributed by atoms with Crippen molar-refractivity contribution in [2.45, 2.75) is 42.7 Å². The summed E-state index contributed by atoms with van der Waals surface area (Å²) in [4.78, 5) is 23.1. The Morgan fingerprint density at radius 3 is 2.08 bits per heavy atom. The van der Waals surface area contributed by atoms with E-state index >= 15 is 0 Å². The normalized spacial score (nSPS) is 24.5. The molecule has 26 heavy (non-hydrogen) atoms. The fraction of sp³-hybridized carbons (Fsp3) is 0.692. The summed E-state index contributed by atoms with van der Waals surface area (Å²) >= 11 is 0. The van der Waals surface area contributed by atoms with Gasteiger partial charge >= 0.3 is 11.9 Å². The second kappa shape index (κ2) is 9.20. The number of rotatable bonds is 9. The van der Waals surface area contributed by atoms with Crippen molar-refractivity contribution >= 4 is 11.9 Å². The molecule has 150 valence electrons. The summed E-state index contributed by atoms with van der Waals surface area (Å²) in [5.74, 6) is -5.29. The number of aliphatic hydroxyl groups excluding tert-OH is 9. The van der Waals surface area contributed by atoms with Crippen LogP contribution < -0.4 is 0 Å². The Labute approximate surface area is 145 Å². The first-order chi connectivity index (χ1) is 12.1. The lowest BCUT2D eigenvalue weighted by molar-refractivity contribution is -0.173. The molecule has 0 amide bonds. The first kappa shape index (κ1) is 22.2. The van der Waals surface area contributed by atoms with Crippen molar-refractivity contribution < 1.29 is 65.0 Å². The molecule has 0 bridgehead atoms. The highest BCUT2D eigenvalue weighted by atomic mass is 16.6. The van der Waals surface area contributed by atoms with Crippen molar-refractivity contribution in [3.8, 4) is 0 Å². The van der Waals surface area contributed by atoms with E-state index in [9.17, 15) is 40.2 Å². The smallest absolute Gasteiger partial charge is 0.378 e. The fourth-order valence-corrected chi connectivity index (χ4v) is 1.95. The molecule has 0 unspecified atom stereocenters. The van der Waals surface area contributed by atoms with Gasteiger partial charge < -0.3 is 55.4 Å². The number of carbonyl (C=O) groups excluding carboxylic acids is 2. The van der Waals surface area contributed by atoms with Crippen molar-refractivity contribution in [1.82, 2.24) is 0 Å². The second-order valence-corrected chi connectivity index (χ2v) is 5.38. The van der Waals surface area contributed by atoms with Gasteiger partial charge in [0.25, 0.3) is 0 Å². The van der Waals surface area contributed by atoms with Crippen molar-refractivity contribution in [3.05, 3.63) is 11.5 Å². The van der Waals surface area contributed by atoms with Gasteiger partial charge in [-0.15, -0.1) is 0 Å². The molecule has 1 aliphatic rings. The van der Waals surface area contributed by atoms with E-state index in [-0.39, 0.29) is 0 Å². The quantitative estimate of drug-likeness (QED) is 0.169. The highest BCUT2D eigenvalue weighted by Crippen LogP contribution is 2.25. The van der Waals surface area contributed by atoms with Crippen LogP contribution in [0.2, 0.25) is 0 Å². The van der Waals surface area contributed by atoms with Crippen LogP contribution in [0.3, 0.4) is 0 Å². The third-order valence-electron chi connectivity index (χ3n) is 3.51. The van der Waals surface area contributed by atoms with Gasteiger partial charge in [-0.05, 0) is 0 Å². The van der Waals surface area contributed by atoms with Crippen LogP contribution in [0.15, 0.2) is 11.5 Å². The number of ether oxygens (including phenoxy) is 2. The Morgan fingerprint density at radius 2 is 1.58 bits per heavy atom. The van der Waals surface area contributed by atoms with Gasteiger partial charge in [-0.2, -0.15) is 0 Å². The van der Waals surface area contributed by atoms with E-state index in [0.29, 0.717) is 0 Å². The molecule has 13 nitrogen and oxygen atoms in total. The summed E-state index contributed by atoms with van der Waals surface area (Å²) in [5.41, 5.74) is 0. The van der Waals surface area contributed by atoms with E-state index in [0.717, 1.165) is 0 Å². The first-order valence-corrected chi connectivity index (χ1v) is 7.22. The summed E-state index contributed by atoms with van der Waals surface area (Å²) in [5, 5.41) is 84.0. The molecule has 9 N–H and O–H groups in total. The number of carbonyl (C=O) groups is 2. The molecule has 0 aromatic carbocycles. The molecule has 0 aliphatic carbocycles. The number of cyclic esters (lactones) is 1. The molecule has 1 heterocycles. The Balaban J connectivity index is 2.86. The number of aliphatic hydroxyl groups is 9. The second-order valence-electron chi connectivity index (χ2n) is 5.38. The summed E-state index contributed by atoms with van der Waals surface area (Å²) < 4.78 is 8.96. The van der Waals surface area contributed by atoms with E-state index < -0.39 is 79.4 Å². The molecule has 0 fully saturated rings. The maximum absolute atomic E-state index is 11.8. The molecule has 0 radical (unpaired) electrons. The SMILES string of the molecule is O=C1O[C@H]([C@@H](O)CO)C(OC(=O)[C@H](O)[C@H](O)[C@H](O)[C@@H](O)[C@H](O)CO)=C1O. The van der Waals surface area contributed by atoms with Crippen molar-refractivity contribution in [2.24, 2.45) is 0 Å². The minimum atomic E-state index is -2.53. The highest BCUT2D eigenvalue weighted by molar-refractivity contribution is 5.90. The predicted molar refractivity (Wildman–Crippen MR) is 75.8 cm³/mol. The van der Waals surface area contributed by atoms with Gasteiger partial charge in [-0.25, -0.2) is 9.59 Å². The van der Waals surface area contributed by atoms with Crippen LogP contribution in [0, 0.1) is 0 Å². The standard InChI is InChI=1S/C13H20O13/c14-1-3(16)5(18)6(19)7(20)8(21)12(23)26-11-9(22)13(24)25-10(11)4(17)2-15/h3-8,10,14-22H,1-2H2/t3-,4+,5+,6-,7-,8-,10-/m1/s1. The van der Waals surface area contributed by atoms with Crippen LogP contribution in [0.5, 0.6) is 0 Å². The van der Waals surface area contributed by atoms with Crippen LogP contribution in [0.1, 0.15) is 0 Å². The predicted octanol–water partition coefficient (Wildman–Crippen LogP) is -5.63. The molecule has 0 aromatic rings. The Kier molecular flexibility index (Phi) is 7.86. The third-order valence-corrected chi connectivity index (χ3v) is 3.51. The van der Waals surface area contributed by atoms with Crippen molar-refractivity contribution in [1.29, 1.82) is 0 Å². The van der Waals surface area contributed by atoms with Gasteiger partial charge in [0.05, 0.1) is 13.2 Å². The molecule has 0 spiro atoms. The van der Waals surface area contributed by atoms with E-state index in [1.165, 1.54) is 0 Å². The van der Waals surface area contributed by atoms with Gasteiger partial charge in [0, 0.05) is 0 Å². The average Bonchev–Trinajstić information content (AvgIpc) is 2.92. The molecule has 1 aliphatic heterocycles. The fourth-order valence-electron chi connectivity index (χ4n) is 1.95. The summed E-state index contributed by atoms with van der Waals surface area (Å²) in [6.07, 6.45) is -14.8. The Morgan fingerprint density at radius 1 is 1.00 bits per heavy atom. The van der Waals surface area contributed by atoms with Crippen LogP contribution in [0.4, 0.5) is 0 Å². The van der Waals surface area contributed by atoms with Gasteiger partial charge in [0.2, 0.25) is 11.5 Å². The monoisotopic (exact) mass is 384 g/mol. The number of esters is 2. The molecule has 7 atom stereocenters. The molecule has 1 rings (SSSR count). The lowest BCUT2D eigenvalue weighted by Gasteiger charge is -2.27.